The van der Waals surface area contributed by atoms with Crippen LogP contribution in [-0.2, 0) is 12.8 Å². The van der Waals surface area contributed by atoms with E-state index in [-0.39, 0.29) is 0 Å². The molecule has 1 heterocycles. The second-order valence-electron chi connectivity index (χ2n) is 5.18. The second-order valence-corrected chi connectivity index (χ2v) is 6.24. The van der Waals surface area contributed by atoms with Gasteiger partial charge in [0.15, 0.2) is 0 Å². The first-order valence-electron chi connectivity index (χ1n) is 6.78. The summed E-state index contributed by atoms with van der Waals surface area (Å²) in [7, 11) is 2.02. The standard InChI is InChI=1S/C16H22N2S/c1-12-4-6-14(7-5-12)8-15(10-17-3)9-16-11-19-13(2)18-16/h4-7,11,15,17H,8-10H2,1-3H3. The van der Waals surface area contributed by atoms with E-state index < -0.39 is 0 Å². The number of nitrogens with zero attached hydrogens (tertiary/aromatic N) is 1. The molecule has 0 bridgehead atoms. The third-order valence-electron chi connectivity index (χ3n) is 3.30. The van der Waals surface area contributed by atoms with Crippen molar-refractivity contribution in [1.82, 2.24) is 10.3 Å². The molecule has 0 fully saturated rings. The van der Waals surface area contributed by atoms with Crippen LogP contribution in [0.1, 0.15) is 21.8 Å². The average molecular weight is 274 g/mol. The fourth-order valence-electron chi connectivity index (χ4n) is 2.36. The summed E-state index contributed by atoms with van der Waals surface area (Å²) >= 11 is 1.74. The van der Waals surface area contributed by atoms with Gasteiger partial charge in [0.05, 0.1) is 10.7 Å². The highest BCUT2D eigenvalue weighted by Crippen LogP contribution is 2.17. The van der Waals surface area contributed by atoms with Gasteiger partial charge in [0.2, 0.25) is 0 Å². The molecule has 1 atom stereocenters. The van der Waals surface area contributed by atoms with Gasteiger partial charge in [-0.05, 0) is 51.8 Å². The van der Waals surface area contributed by atoms with E-state index in [4.69, 9.17) is 0 Å². The van der Waals surface area contributed by atoms with Crippen LogP contribution in [0.5, 0.6) is 0 Å². The molecule has 0 amide bonds. The molecular formula is C16H22N2S. The highest BCUT2D eigenvalue weighted by molar-refractivity contribution is 7.09. The van der Waals surface area contributed by atoms with E-state index in [0.717, 1.165) is 24.4 Å². The zero-order valence-corrected chi connectivity index (χ0v) is 12.8. The van der Waals surface area contributed by atoms with Crippen LogP contribution in [0.2, 0.25) is 0 Å². The van der Waals surface area contributed by atoms with Gasteiger partial charge in [-0.25, -0.2) is 4.98 Å². The molecule has 0 radical (unpaired) electrons. The monoisotopic (exact) mass is 274 g/mol. The number of aryl methyl sites for hydroxylation is 2. The third kappa shape index (κ3) is 4.44. The van der Waals surface area contributed by atoms with Crippen LogP contribution in [0.25, 0.3) is 0 Å². The van der Waals surface area contributed by atoms with E-state index >= 15 is 0 Å². The Morgan fingerprint density at radius 3 is 2.47 bits per heavy atom. The van der Waals surface area contributed by atoms with Crippen molar-refractivity contribution in [2.75, 3.05) is 13.6 Å². The van der Waals surface area contributed by atoms with Gasteiger partial charge < -0.3 is 5.32 Å². The third-order valence-corrected chi connectivity index (χ3v) is 4.12. The summed E-state index contributed by atoms with van der Waals surface area (Å²) < 4.78 is 0. The first-order valence-corrected chi connectivity index (χ1v) is 7.66. The minimum atomic E-state index is 0.606. The molecule has 19 heavy (non-hydrogen) atoms. The van der Waals surface area contributed by atoms with E-state index in [2.05, 4.69) is 53.8 Å². The van der Waals surface area contributed by atoms with E-state index in [9.17, 15) is 0 Å². The first-order chi connectivity index (χ1) is 9.17. The molecule has 0 saturated carbocycles. The van der Waals surface area contributed by atoms with Crippen molar-refractivity contribution in [3.05, 3.63) is 51.5 Å². The van der Waals surface area contributed by atoms with E-state index in [1.807, 2.05) is 7.05 Å². The Kier molecular flexibility index (Phi) is 5.11. The highest BCUT2D eigenvalue weighted by atomic mass is 32.1. The zero-order valence-electron chi connectivity index (χ0n) is 11.9. The Bertz CT molecular complexity index is 502. The number of hydrogen-bond donors (Lipinski definition) is 1. The van der Waals surface area contributed by atoms with E-state index in [1.54, 1.807) is 11.3 Å². The van der Waals surface area contributed by atoms with Crippen molar-refractivity contribution < 1.29 is 0 Å². The van der Waals surface area contributed by atoms with Gasteiger partial charge in [0, 0.05) is 5.38 Å². The molecule has 2 aromatic rings. The van der Waals surface area contributed by atoms with Crippen molar-refractivity contribution in [2.45, 2.75) is 26.7 Å². The average Bonchev–Trinajstić information content (AvgIpc) is 2.78. The van der Waals surface area contributed by atoms with Crippen LogP contribution < -0.4 is 5.32 Å². The maximum Gasteiger partial charge on any atom is 0.0897 e. The highest BCUT2D eigenvalue weighted by Gasteiger charge is 2.12. The summed E-state index contributed by atoms with van der Waals surface area (Å²) in [5.74, 6) is 0.606. The molecule has 1 aromatic carbocycles. The molecule has 1 aromatic heterocycles. The molecule has 2 rings (SSSR count). The van der Waals surface area contributed by atoms with Gasteiger partial charge in [-0.2, -0.15) is 0 Å². The van der Waals surface area contributed by atoms with Crippen LogP contribution in [0.15, 0.2) is 29.6 Å². The molecule has 3 heteroatoms. The maximum absolute atomic E-state index is 4.58. The quantitative estimate of drug-likeness (QED) is 0.873. The number of rotatable bonds is 6. The summed E-state index contributed by atoms with van der Waals surface area (Å²) in [6, 6.07) is 8.87. The normalized spacial score (nSPS) is 12.6. The van der Waals surface area contributed by atoms with Crippen LogP contribution in [-0.4, -0.2) is 18.6 Å². The van der Waals surface area contributed by atoms with E-state index in [0.29, 0.717) is 5.92 Å². The number of hydrogen-bond acceptors (Lipinski definition) is 3. The van der Waals surface area contributed by atoms with Gasteiger partial charge in [0.25, 0.3) is 0 Å². The number of thiazole rings is 1. The summed E-state index contributed by atoms with van der Waals surface area (Å²) in [5.41, 5.74) is 3.97. The number of aromatic nitrogens is 1. The fraction of sp³-hybridized carbons (Fsp3) is 0.438. The van der Waals surface area contributed by atoms with E-state index in [1.165, 1.54) is 16.8 Å². The van der Waals surface area contributed by atoms with Crippen LogP contribution >= 0.6 is 11.3 Å². The summed E-state index contributed by atoms with van der Waals surface area (Å²) in [5, 5.41) is 6.65. The largest absolute Gasteiger partial charge is 0.319 e. The molecule has 2 nitrogen and oxygen atoms in total. The molecule has 1 N–H and O–H groups in total. The van der Waals surface area contributed by atoms with Crippen molar-refractivity contribution in [3.8, 4) is 0 Å². The van der Waals surface area contributed by atoms with Crippen molar-refractivity contribution in [2.24, 2.45) is 5.92 Å². The lowest BCUT2D eigenvalue weighted by molar-refractivity contribution is 0.489. The fourth-order valence-corrected chi connectivity index (χ4v) is 2.99. The van der Waals surface area contributed by atoms with Crippen molar-refractivity contribution in [3.63, 3.8) is 0 Å². The Morgan fingerprint density at radius 1 is 1.16 bits per heavy atom. The van der Waals surface area contributed by atoms with Crippen LogP contribution in [0.3, 0.4) is 0 Å². The predicted molar refractivity (Wildman–Crippen MR) is 82.9 cm³/mol. The molecule has 0 saturated heterocycles. The van der Waals surface area contributed by atoms with Gasteiger partial charge in [-0.15, -0.1) is 11.3 Å². The molecule has 0 aliphatic heterocycles. The van der Waals surface area contributed by atoms with Crippen LogP contribution in [0.4, 0.5) is 0 Å². The maximum atomic E-state index is 4.58. The van der Waals surface area contributed by atoms with Crippen molar-refractivity contribution in [1.29, 1.82) is 0 Å². The predicted octanol–water partition coefficient (Wildman–Crippen LogP) is 3.38. The summed E-state index contributed by atoms with van der Waals surface area (Å²) in [6.07, 6.45) is 2.16. The number of benzene rings is 1. The molecule has 0 aliphatic rings. The lowest BCUT2D eigenvalue weighted by Gasteiger charge is -2.15. The minimum absolute atomic E-state index is 0.606. The number of nitrogens with one attached hydrogen (secondary N) is 1. The minimum Gasteiger partial charge on any atom is -0.319 e. The van der Waals surface area contributed by atoms with Crippen molar-refractivity contribution >= 4 is 11.3 Å². The Morgan fingerprint density at radius 2 is 1.89 bits per heavy atom. The van der Waals surface area contributed by atoms with Gasteiger partial charge in [-0.3, -0.25) is 0 Å². The lowest BCUT2D eigenvalue weighted by atomic mass is 9.94. The SMILES string of the molecule is CNCC(Cc1ccc(C)cc1)Cc1csc(C)n1. The lowest BCUT2D eigenvalue weighted by Crippen LogP contribution is -2.23. The molecule has 1 unspecified atom stereocenters. The molecular weight excluding hydrogens is 252 g/mol. The van der Waals surface area contributed by atoms with Gasteiger partial charge in [0.1, 0.15) is 0 Å². The van der Waals surface area contributed by atoms with Crippen LogP contribution in [0, 0.1) is 19.8 Å². The zero-order chi connectivity index (χ0) is 13.7. The second kappa shape index (κ2) is 6.83. The topological polar surface area (TPSA) is 24.9 Å². The van der Waals surface area contributed by atoms with Gasteiger partial charge >= 0.3 is 0 Å². The Labute approximate surface area is 119 Å². The molecule has 0 spiro atoms. The van der Waals surface area contributed by atoms with Gasteiger partial charge in [-0.1, -0.05) is 29.8 Å². The smallest absolute Gasteiger partial charge is 0.0897 e. The Balaban J connectivity index is 2.01. The summed E-state index contributed by atoms with van der Waals surface area (Å²) in [4.78, 5) is 4.58. The molecule has 102 valence electrons. The molecule has 0 aliphatic carbocycles. The first kappa shape index (κ1) is 14.2. The summed E-state index contributed by atoms with van der Waals surface area (Å²) in [6.45, 7) is 5.23. The Hall–Kier alpha value is -1.19.